The Morgan fingerprint density at radius 3 is 2.74 bits per heavy atom. The number of nitrogens with zero attached hydrogens (tertiary/aromatic N) is 1. The Morgan fingerprint density at radius 1 is 1.43 bits per heavy atom. The van der Waals surface area contributed by atoms with Crippen LogP contribution in [0.1, 0.15) is 38.7 Å². The van der Waals surface area contributed by atoms with Crippen molar-refractivity contribution >= 4 is 21.6 Å². The van der Waals surface area contributed by atoms with Crippen LogP contribution >= 0.6 is 0 Å². The summed E-state index contributed by atoms with van der Waals surface area (Å²) in [6.45, 7) is 4.58. The maximum atomic E-state index is 14.2. The fourth-order valence-corrected chi connectivity index (χ4v) is 4.08. The molecule has 0 bridgehead atoms. The van der Waals surface area contributed by atoms with Crippen LogP contribution in [-0.4, -0.2) is 26.6 Å². The monoisotopic (exact) mass is 342 g/mol. The van der Waals surface area contributed by atoms with Gasteiger partial charge in [-0.25, -0.2) is 12.8 Å². The molecule has 0 aromatic heterocycles. The molecule has 0 saturated carbocycles. The normalized spacial score (nSPS) is 18.0. The number of carbonyl (C=O) groups is 1. The molecule has 0 radical (unpaired) electrons. The molecule has 1 fully saturated rings. The predicted molar refractivity (Wildman–Crippen MR) is 88.1 cm³/mol. The van der Waals surface area contributed by atoms with E-state index in [1.807, 2.05) is 13.8 Å². The zero-order valence-corrected chi connectivity index (χ0v) is 14.3. The average Bonchev–Trinajstić information content (AvgIpc) is 2.84. The third-order valence-corrected chi connectivity index (χ3v) is 5.96. The first-order valence-corrected chi connectivity index (χ1v) is 9.50. The summed E-state index contributed by atoms with van der Waals surface area (Å²) in [7, 11) is -3.39. The van der Waals surface area contributed by atoms with E-state index in [1.165, 1.54) is 12.1 Å². The van der Waals surface area contributed by atoms with E-state index in [-0.39, 0.29) is 23.9 Å². The number of hydrogen-bond acceptors (Lipinski definition) is 3. The molecule has 1 saturated heterocycles. The predicted octanol–water partition coefficient (Wildman–Crippen LogP) is 2.42. The third kappa shape index (κ3) is 4.43. The van der Waals surface area contributed by atoms with Gasteiger partial charge in [-0.05, 0) is 30.0 Å². The van der Waals surface area contributed by atoms with E-state index in [1.54, 1.807) is 6.07 Å². The quantitative estimate of drug-likeness (QED) is 0.863. The van der Waals surface area contributed by atoms with Gasteiger partial charge in [0, 0.05) is 19.5 Å². The summed E-state index contributed by atoms with van der Waals surface area (Å²) in [4.78, 5) is 11.7. The van der Waals surface area contributed by atoms with Crippen LogP contribution in [0.25, 0.3) is 0 Å². The van der Waals surface area contributed by atoms with Crippen molar-refractivity contribution in [3.05, 3.63) is 29.6 Å². The third-order valence-electron chi connectivity index (χ3n) is 4.10. The summed E-state index contributed by atoms with van der Waals surface area (Å²) in [5.74, 6) is -0.274. The lowest BCUT2D eigenvalue weighted by molar-refractivity contribution is -0.122. The highest BCUT2D eigenvalue weighted by atomic mass is 32.2. The second-order valence-electron chi connectivity index (χ2n) is 6.02. The number of nitrogens with one attached hydrogen (secondary N) is 1. The number of sulfonamides is 1. The van der Waals surface area contributed by atoms with Crippen LogP contribution in [0.4, 0.5) is 10.1 Å². The summed E-state index contributed by atoms with van der Waals surface area (Å²) in [6, 6.07) is 4.40. The first-order valence-electron chi connectivity index (χ1n) is 7.89. The van der Waals surface area contributed by atoms with E-state index < -0.39 is 15.8 Å². The van der Waals surface area contributed by atoms with Gasteiger partial charge in [0.25, 0.3) is 0 Å². The molecule has 1 amide bonds. The van der Waals surface area contributed by atoms with Gasteiger partial charge in [-0.2, -0.15) is 0 Å². The second-order valence-corrected chi connectivity index (χ2v) is 8.03. The lowest BCUT2D eigenvalue weighted by atomic mass is 10.1. The van der Waals surface area contributed by atoms with Gasteiger partial charge in [-0.15, -0.1) is 0 Å². The molecule has 1 atom stereocenters. The highest BCUT2D eigenvalue weighted by Gasteiger charge is 2.30. The van der Waals surface area contributed by atoms with Crippen molar-refractivity contribution in [2.75, 3.05) is 16.6 Å². The molecular weight excluding hydrogens is 319 g/mol. The van der Waals surface area contributed by atoms with Gasteiger partial charge in [0.1, 0.15) is 5.82 Å². The van der Waals surface area contributed by atoms with Gasteiger partial charge in [-0.3, -0.25) is 9.10 Å². The number of halogens is 1. The number of rotatable bonds is 6. The van der Waals surface area contributed by atoms with Gasteiger partial charge in [0.15, 0.2) is 0 Å². The molecule has 0 spiro atoms. The molecule has 1 heterocycles. The van der Waals surface area contributed by atoms with E-state index >= 15 is 0 Å². The fourth-order valence-electron chi connectivity index (χ4n) is 2.51. The molecule has 23 heavy (non-hydrogen) atoms. The number of amides is 1. The molecule has 1 aliphatic rings. The van der Waals surface area contributed by atoms with Gasteiger partial charge in [0.05, 0.1) is 11.4 Å². The summed E-state index contributed by atoms with van der Waals surface area (Å²) in [5.41, 5.74) is 0.692. The summed E-state index contributed by atoms with van der Waals surface area (Å²) in [5, 5.41) is 2.76. The first kappa shape index (κ1) is 17.7. The molecule has 1 aromatic carbocycles. The Morgan fingerprint density at radius 2 is 2.17 bits per heavy atom. The highest BCUT2D eigenvalue weighted by Crippen LogP contribution is 2.27. The lowest BCUT2D eigenvalue weighted by Gasteiger charge is -2.18. The number of anilines is 1. The smallest absolute Gasteiger partial charge is 0.235 e. The molecular formula is C16H23FN2O3S. The van der Waals surface area contributed by atoms with Crippen molar-refractivity contribution < 1.29 is 17.6 Å². The summed E-state index contributed by atoms with van der Waals surface area (Å²) >= 11 is 0. The highest BCUT2D eigenvalue weighted by molar-refractivity contribution is 7.93. The molecule has 128 valence electrons. The fraction of sp³-hybridized carbons (Fsp3) is 0.562. The van der Waals surface area contributed by atoms with Gasteiger partial charge in [0.2, 0.25) is 15.9 Å². The first-order chi connectivity index (χ1) is 10.8. The lowest BCUT2D eigenvalue weighted by Crippen LogP contribution is -2.26. The minimum absolute atomic E-state index is 0.0554. The standard InChI is InChI=1S/C16H23FN2O3S/c1-3-12(2)9-16(20)18-11-13-5-6-15(14(17)10-13)19-7-4-8-23(19,21)22/h5-6,10,12H,3-4,7-9,11H2,1-2H3,(H,18,20). The molecule has 7 heteroatoms. The number of carbonyl (C=O) groups excluding carboxylic acids is 1. The van der Waals surface area contributed by atoms with Crippen molar-refractivity contribution in [1.82, 2.24) is 5.32 Å². The summed E-state index contributed by atoms with van der Waals surface area (Å²) in [6.07, 6.45) is 1.89. The van der Waals surface area contributed by atoms with Crippen LogP contribution in [0, 0.1) is 11.7 Å². The molecule has 0 aliphatic carbocycles. The zero-order chi connectivity index (χ0) is 17.0. The van der Waals surface area contributed by atoms with Gasteiger partial charge in [-0.1, -0.05) is 26.3 Å². The molecule has 5 nitrogen and oxygen atoms in total. The van der Waals surface area contributed by atoms with Crippen LogP contribution in [0.3, 0.4) is 0 Å². The van der Waals surface area contributed by atoms with Crippen LogP contribution in [0.5, 0.6) is 0 Å². The van der Waals surface area contributed by atoms with E-state index in [2.05, 4.69) is 5.32 Å². The SMILES string of the molecule is CCC(C)CC(=O)NCc1ccc(N2CCCS2(=O)=O)c(F)c1. The average molecular weight is 342 g/mol. The molecule has 2 rings (SSSR count). The maximum Gasteiger partial charge on any atom is 0.235 e. The van der Waals surface area contributed by atoms with Crippen molar-refractivity contribution in [2.24, 2.45) is 5.92 Å². The minimum Gasteiger partial charge on any atom is -0.352 e. The van der Waals surface area contributed by atoms with E-state index in [0.29, 0.717) is 30.9 Å². The van der Waals surface area contributed by atoms with Crippen LogP contribution in [0.2, 0.25) is 0 Å². The van der Waals surface area contributed by atoms with Crippen molar-refractivity contribution in [3.63, 3.8) is 0 Å². The largest absolute Gasteiger partial charge is 0.352 e. The molecule has 1 N–H and O–H groups in total. The van der Waals surface area contributed by atoms with Crippen molar-refractivity contribution in [3.8, 4) is 0 Å². The zero-order valence-electron chi connectivity index (χ0n) is 13.5. The summed E-state index contributed by atoms with van der Waals surface area (Å²) < 4.78 is 39.0. The molecule has 1 aliphatic heterocycles. The maximum absolute atomic E-state index is 14.2. The topological polar surface area (TPSA) is 66.5 Å². The van der Waals surface area contributed by atoms with Crippen LogP contribution in [0.15, 0.2) is 18.2 Å². The van der Waals surface area contributed by atoms with Crippen LogP contribution in [-0.2, 0) is 21.4 Å². The Kier molecular flexibility index (Phi) is 5.62. The van der Waals surface area contributed by atoms with E-state index in [0.717, 1.165) is 10.7 Å². The molecule has 1 aromatic rings. The van der Waals surface area contributed by atoms with E-state index in [4.69, 9.17) is 0 Å². The Balaban J connectivity index is 2.01. The Hall–Kier alpha value is -1.63. The van der Waals surface area contributed by atoms with Crippen molar-refractivity contribution in [1.29, 1.82) is 0 Å². The minimum atomic E-state index is -3.39. The second kappa shape index (κ2) is 7.29. The van der Waals surface area contributed by atoms with Gasteiger partial charge < -0.3 is 5.32 Å². The Labute approximate surface area is 136 Å². The van der Waals surface area contributed by atoms with Crippen LogP contribution < -0.4 is 9.62 Å². The Bertz CT molecular complexity index is 676. The molecule has 1 unspecified atom stereocenters. The number of hydrogen-bond donors (Lipinski definition) is 1. The van der Waals surface area contributed by atoms with Crippen molar-refractivity contribution in [2.45, 2.75) is 39.7 Å². The van der Waals surface area contributed by atoms with E-state index in [9.17, 15) is 17.6 Å². The number of benzene rings is 1. The van der Waals surface area contributed by atoms with Gasteiger partial charge >= 0.3 is 0 Å².